The summed E-state index contributed by atoms with van der Waals surface area (Å²) < 4.78 is 11.1. The van der Waals surface area contributed by atoms with Gasteiger partial charge in [-0.15, -0.1) is 0 Å². The number of fused-ring (bicyclic) bond motifs is 2. The Bertz CT molecular complexity index is 912. The first kappa shape index (κ1) is 17.3. The van der Waals surface area contributed by atoms with Crippen LogP contribution in [0.2, 0.25) is 0 Å². The maximum Gasteiger partial charge on any atom is 0.414 e. The van der Waals surface area contributed by atoms with E-state index in [1.54, 1.807) is 19.4 Å². The Labute approximate surface area is 157 Å². The third-order valence-electron chi connectivity index (χ3n) is 4.99. The van der Waals surface area contributed by atoms with E-state index in [1.165, 1.54) is 4.90 Å². The molecule has 140 valence electrons. The number of aromatic nitrogens is 1. The lowest BCUT2D eigenvalue weighted by Crippen LogP contribution is -2.32. The van der Waals surface area contributed by atoms with Crippen LogP contribution in [0.1, 0.15) is 36.9 Å². The number of amides is 2. The van der Waals surface area contributed by atoms with Crippen molar-refractivity contribution in [3.05, 3.63) is 41.7 Å². The SMILES string of the molecule is CCC(=O)N[C@@H]1CCOc2c(-c3ccc4c(c3)COC(=O)N4C)cncc21. The van der Waals surface area contributed by atoms with Crippen LogP contribution in [0.4, 0.5) is 10.5 Å². The van der Waals surface area contributed by atoms with Gasteiger partial charge in [0.05, 0.1) is 18.3 Å². The van der Waals surface area contributed by atoms with Crippen molar-refractivity contribution in [1.29, 1.82) is 0 Å². The Hall–Kier alpha value is -3.09. The number of nitrogens with zero attached hydrogens (tertiary/aromatic N) is 2. The van der Waals surface area contributed by atoms with Crippen LogP contribution in [0, 0.1) is 0 Å². The molecule has 3 heterocycles. The van der Waals surface area contributed by atoms with Crippen molar-refractivity contribution in [2.24, 2.45) is 0 Å². The first-order chi connectivity index (χ1) is 13.1. The van der Waals surface area contributed by atoms with Gasteiger partial charge in [-0.25, -0.2) is 4.79 Å². The minimum Gasteiger partial charge on any atom is -0.492 e. The predicted molar refractivity (Wildman–Crippen MR) is 99.5 cm³/mol. The number of pyridine rings is 1. The van der Waals surface area contributed by atoms with Gasteiger partial charge >= 0.3 is 6.09 Å². The number of carbonyl (C=O) groups excluding carboxylic acids is 2. The topological polar surface area (TPSA) is 80.8 Å². The highest BCUT2D eigenvalue weighted by molar-refractivity contribution is 5.90. The van der Waals surface area contributed by atoms with Crippen LogP contribution in [0.5, 0.6) is 5.75 Å². The molecule has 2 aromatic rings. The molecule has 0 saturated heterocycles. The molecule has 0 spiro atoms. The van der Waals surface area contributed by atoms with Gasteiger partial charge in [0.2, 0.25) is 5.91 Å². The first-order valence-corrected chi connectivity index (χ1v) is 9.02. The van der Waals surface area contributed by atoms with Crippen LogP contribution >= 0.6 is 0 Å². The Kier molecular flexibility index (Phi) is 4.43. The number of cyclic esters (lactones) is 1. The second-order valence-electron chi connectivity index (χ2n) is 6.67. The van der Waals surface area contributed by atoms with Crippen LogP contribution in [0.15, 0.2) is 30.6 Å². The number of rotatable bonds is 3. The van der Waals surface area contributed by atoms with Crippen molar-refractivity contribution < 1.29 is 19.1 Å². The minimum atomic E-state index is -0.355. The summed E-state index contributed by atoms with van der Waals surface area (Å²) in [6.07, 6.45) is 4.33. The molecule has 0 aliphatic carbocycles. The zero-order chi connectivity index (χ0) is 19.0. The molecule has 4 rings (SSSR count). The van der Waals surface area contributed by atoms with Gasteiger partial charge in [0, 0.05) is 49.0 Å². The van der Waals surface area contributed by atoms with E-state index in [2.05, 4.69) is 10.3 Å². The molecule has 1 atom stereocenters. The Morgan fingerprint density at radius 3 is 3.00 bits per heavy atom. The molecule has 1 N–H and O–H groups in total. The summed E-state index contributed by atoms with van der Waals surface area (Å²) in [5.74, 6) is 0.760. The highest BCUT2D eigenvalue weighted by atomic mass is 16.6. The summed E-state index contributed by atoms with van der Waals surface area (Å²) in [6.45, 7) is 2.61. The highest BCUT2D eigenvalue weighted by Gasteiger charge is 2.27. The molecule has 0 bridgehead atoms. The quantitative estimate of drug-likeness (QED) is 0.901. The maximum atomic E-state index is 11.8. The van der Waals surface area contributed by atoms with Crippen LogP contribution in [-0.4, -0.2) is 30.6 Å². The van der Waals surface area contributed by atoms with E-state index in [9.17, 15) is 9.59 Å². The third kappa shape index (κ3) is 3.09. The Morgan fingerprint density at radius 2 is 2.19 bits per heavy atom. The molecule has 0 fully saturated rings. The fourth-order valence-corrected chi connectivity index (χ4v) is 3.49. The van der Waals surface area contributed by atoms with Gasteiger partial charge in [0.1, 0.15) is 12.4 Å². The fourth-order valence-electron chi connectivity index (χ4n) is 3.49. The average Bonchev–Trinajstić information content (AvgIpc) is 2.70. The lowest BCUT2D eigenvalue weighted by atomic mass is 9.95. The lowest BCUT2D eigenvalue weighted by molar-refractivity contribution is -0.121. The summed E-state index contributed by atoms with van der Waals surface area (Å²) in [6, 6.07) is 5.75. The standard InChI is InChI=1S/C20H21N3O4/c1-3-18(24)22-16-6-7-26-19-14(9-21-10-15(16)19)12-4-5-17-13(8-12)11-27-20(25)23(17)2/h4-5,8-10,16H,3,6-7,11H2,1-2H3,(H,22,24)/t16-/m1/s1. The van der Waals surface area contributed by atoms with Gasteiger partial charge in [0.25, 0.3) is 0 Å². The summed E-state index contributed by atoms with van der Waals surface area (Å²) in [4.78, 5) is 29.4. The van der Waals surface area contributed by atoms with Gasteiger partial charge in [-0.1, -0.05) is 13.0 Å². The minimum absolute atomic E-state index is 0.0110. The van der Waals surface area contributed by atoms with Gasteiger partial charge in [0.15, 0.2) is 0 Å². The molecule has 1 aromatic carbocycles. The molecule has 2 aliphatic heterocycles. The van der Waals surface area contributed by atoms with Gasteiger partial charge < -0.3 is 14.8 Å². The Morgan fingerprint density at radius 1 is 1.33 bits per heavy atom. The van der Waals surface area contributed by atoms with Gasteiger partial charge in [-0.3, -0.25) is 14.7 Å². The van der Waals surface area contributed by atoms with E-state index in [4.69, 9.17) is 9.47 Å². The van der Waals surface area contributed by atoms with Crippen LogP contribution < -0.4 is 15.0 Å². The Balaban J connectivity index is 1.73. The van der Waals surface area contributed by atoms with E-state index < -0.39 is 0 Å². The number of benzene rings is 1. The molecular weight excluding hydrogens is 346 g/mol. The van der Waals surface area contributed by atoms with Crippen molar-refractivity contribution in [3.8, 4) is 16.9 Å². The summed E-state index contributed by atoms with van der Waals surface area (Å²) in [5.41, 5.74) is 4.46. The zero-order valence-electron chi connectivity index (χ0n) is 15.3. The smallest absolute Gasteiger partial charge is 0.414 e. The average molecular weight is 367 g/mol. The van der Waals surface area contributed by atoms with Crippen molar-refractivity contribution in [3.63, 3.8) is 0 Å². The molecule has 7 heteroatoms. The lowest BCUT2D eigenvalue weighted by Gasteiger charge is -2.29. The maximum absolute atomic E-state index is 11.8. The van der Waals surface area contributed by atoms with Crippen LogP contribution in [-0.2, 0) is 16.1 Å². The summed E-state index contributed by atoms with van der Waals surface area (Å²) >= 11 is 0. The summed E-state index contributed by atoms with van der Waals surface area (Å²) in [5, 5.41) is 3.04. The van der Waals surface area contributed by atoms with E-state index in [1.807, 2.05) is 25.1 Å². The molecular formula is C20H21N3O4. The van der Waals surface area contributed by atoms with E-state index in [0.29, 0.717) is 13.0 Å². The molecule has 2 amide bonds. The molecule has 1 aromatic heterocycles. The number of ether oxygens (including phenoxy) is 2. The molecule has 2 aliphatic rings. The first-order valence-electron chi connectivity index (χ1n) is 9.02. The molecule has 7 nitrogen and oxygen atoms in total. The number of anilines is 1. The fraction of sp³-hybridized carbons (Fsp3) is 0.350. The molecule has 0 unspecified atom stereocenters. The highest BCUT2D eigenvalue weighted by Crippen LogP contribution is 2.41. The normalized spacial score (nSPS) is 18.1. The van der Waals surface area contributed by atoms with E-state index in [0.717, 1.165) is 40.1 Å². The van der Waals surface area contributed by atoms with Crippen molar-refractivity contribution in [2.75, 3.05) is 18.6 Å². The van der Waals surface area contributed by atoms with E-state index in [-0.39, 0.29) is 24.6 Å². The number of carbonyl (C=O) groups is 2. The van der Waals surface area contributed by atoms with Crippen molar-refractivity contribution >= 4 is 17.7 Å². The number of hydrogen-bond acceptors (Lipinski definition) is 5. The van der Waals surface area contributed by atoms with Gasteiger partial charge in [-0.05, 0) is 17.7 Å². The van der Waals surface area contributed by atoms with Gasteiger partial charge in [-0.2, -0.15) is 0 Å². The zero-order valence-corrected chi connectivity index (χ0v) is 15.3. The van der Waals surface area contributed by atoms with Crippen molar-refractivity contribution in [1.82, 2.24) is 10.3 Å². The predicted octanol–water partition coefficient (Wildman–Crippen LogP) is 3.18. The largest absolute Gasteiger partial charge is 0.492 e. The number of hydrogen-bond donors (Lipinski definition) is 1. The summed E-state index contributed by atoms with van der Waals surface area (Å²) in [7, 11) is 1.69. The molecule has 27 heavy (non-hydrogen) atoms. The molecule has 0 radical (unpaired) electrons. The number of nitrogens with one attached hydrogen (secondary N) is 1. The van der Waals surface area contributed by atoms with Crippen LogP contribution in [0.3, 0.4) is 0 Å². The van der Waals surface area contributed by atoms with Crippen LogP contribution in [0.25, 0.3) is 11.1 Å². The second kappa shape index (κ2) is 6.90. The van der Waals surface area contributed by atoms with Crippen molar-refractivity contribution in [2.45, 2.75) is 32.4 Å². The second-order valence-corrected chi connectivity index (χ2v) is 6.67. The van der Waals surface area contributed by atoms with E-state index >= 15 is 0 Å². The monoisotopic (exact) mass is 367 g/mol. The molecule has 0 saturated carbocycles. The third-order valence-corrected chi connectivity index (χ3v) is 4.99.